The Balaban J connectivity index is 2.48. The van der Waals surface area contributed by atoms with E-state index >= 15 is 0 Å². The molecule has 0 N–H and O–H groups in total. The number of halogens is 1. The molecule has 0 aromatic rings. The third-order valence-electron chi connectivity index (χ3n) is 2.26. The van der Waals surface area contributed by atoms with E-state index in [0.717, 1.165) is 6.54 Å². The summed E-state index contributed by atoms with van der Waals surface area (Å²) in [5, 5.41) is 8.96. The third kappa shape index (κ3) is 3.72. The fourth-order valence-corrected chi connectivity index (χ4v) is 1.44. The summed E-state index contributed by atoms with van der Waals surface area (Å²) in [6.07, 6.45) is 5.61. The summed E-state index contributed by atoms with van der Waals surface area (Å²) in [7, 11) is 1.91. The van der Waals surface area contributed by atoms with Crippen molar-refractivity contribution in [3.63, 3.8) is 0 Å². The van der Waals surface area contributed by atoms with Crippen LogP contribution in [0.1, 0.15) is 6.92 Å². The molecule has 0 amide bonds. The number of dihydropyridines is 1. The summed E-state index contributed by atoms with van der Waals surface area (Å²) in [5.41, 5.74) is 0. The third-order valence-corrected chi connectivity index (χ3v) is 2.50. The molecule has 15 heavy (non-hydrogen) atoms. The molecule has 4 nitrogen and oxygen atoms in total. The number of aliphatic imine (C=N–C) groups is 2. The van der Waals surface area contributed by atoms with Crippen molar-refractivity contribution in [1.29, 1.82) is 5.26 Å². The molecule has 0 saturated heterocycles. The predicted octanol–water partition coefficient (Wildman–Crippen LogP) is 1.64. The van der Waals surface area contributed by atoms with Gasteiger partial charge in [-0.2, -0.15) is 10.3 Å². The molecule has 0 aromatic heterocycles. The standard InChI is InChI=1S/C10H13ClN4/c1-8(14-7-12)15(2)6-9-3-4-10(11)13-5-9/h3-4,9H,5-6H2,1-2H3/b14-8+. The molecule has 5 heteroatoms. The first-order chi connectivity index (χ1) is 7.13. The molecular weight excluding hydrogens is 212 g/mol. The average molecular weight is 225 g/mol. The molecule has 80 valence electrons. The first-order valence-electron chi connectivity index (χ1n) is 4.66. The second-order valence-electron chi connectivity index (χ2n) is 3.42. The normalized spacial score (nSPS) is 20.8. The lowest BCUT2D eigenvalue weighted by Gasteiger charge is -2.23. The van der Waals surface area contributed by atoms with Crippen LogP contribution in [0.2, 0.25) is 0 Å². The molecular formula is C10H13ClN4. The van der Waals surface area contributed by atoms with Crippen LogP contribution in [0.3, 0.4) is 0 Å². The number of allylic oxidation sites excluding steroid dienone is 1. The summed E-state index contributed by atoms with van der Waals surface area (Å²) < 4.78 is 0. The second-order valence-corrected chi connectivity index (χ2v) is 3.81. The van der Waals surface area contributed by atoms with E-state index in [1.807, 2.05) is 24.9 Å². The van der Waals surface area contributed by atoms with Crippen LogP contribution >= 0.6 is 11.6 Å². The molecule has 0 fully saturated rings. The Bertz CT molecular complexity index is 351. The zero-order chi connectivity index (χ0) is 11.3. The number of nitrogens with zero attached hydrogens (tertiary/aromatic N) is 4. The van der Waals surface area contributed by atoms with Gasteiger partial charge in [0.05, 0.1) is 0 Å². The Morgan fingerprint density at radius 1 is 1.87 bits per heavy atom. The van der Waals surface area contributed by atoms with E-state index in [2.05, 4.69) is 9.98 Å². The van der Waals surface area contributed by atoms with Crippen LogP contribution in [0, 0.1) is 17.4 Å². The van der Waals surface area contributed by atoms with Crippen molar-refractivity contribution in [2.75, 3.05) is 20.1 Å². The SMILES string of the molecule is C/C(=N\C#N)N(C)CC1C=CC(Cl)=NC1. The number of rotatable bonds is 2. The van der Waals surface area contributed by atoms with Gasteiger partial charge in [-0.1, -0.05) is 17.7 Å². The fraction of sp³-hybridized carbons (Fsp3) is 0.500. The number of nitriles is 1. The van der Waals surface area contributed by atoms with Crippen LogP contribution in [-0.2, 0) is 0 Å². The van der Waals surface area contributed by atoms with Gasteiger partial charge < -0.3 is 4.90 Å². The Morgan fingerprint density at radius 3 is 3.13 bits per heavy atom. The molecule has 1 unspecified atom stereocenters. The Morgan fingerprint density at radius 2 is 2.60 bits per heavy atom. The summed E-state index contributed by atoms with van der Waals surface area (Å²) >= 11 is 5.71. The maximum absolute atomic E-state index is 8.41. The quantitative estimate of drug-likeness (QED) is 0.407. The highest BCUT2D eigenvalue weighted by Crippen LogP contribution is 2.09. The fourth-order valence-electron chi connectivity index (χ4n) is 1.29. The summed E-state index contributed by atoms with van der Waals surface area (Å²) in [6.45, 7) is 3.30. The average Bonchev–Trinajstić information content (AvgIpc) is 2.22. The lowest BCUT2D eigenvalue weighted by atomic mass is 10.1. The van der Waals surface area contributed by atoms with Gasteiger partial charge >= 0.3 is 0 Å². The van der Waals surface area contributed by atoms with Crippen molar-refractivity contribution in [3.05, 3.63) is 12.2 Å². The molecule has 0 aliphatic carbocycles. The predicted molar refractivity (Wildman–Crippen MR) is 62.1 cm³/mol. The Labute approximate surface area is 94.6 Å². The van der Waals surface area contributed by atoms with E-state index in [4.69, 9.17) is 16.9 Å². The minimum atomic E-state index is 0.335. The van der Waals surface area contributed by atoms with Crippen LogP contribution in [0.25, 0.3) is 0 Å². The minimum Gasteiger partial charge on any atom is -0.362 e. The molecule has 0 spiro atoms. The highest BCUT2D eigenvalue weighted by Gasteiger charge is 2.12. The highest BCUT2D eigenvalue weighted by atomic mass is 35.5. The van der Waals surface area contributed by atoms with Crippen LogP contribution in [0.4, 0.5) is 0 Å². The smallest absolute Gasteiger partial charge is 0.207 e. The molecule has 1 aliphatic rings. The van der Waals surface area contributed by atoms with E-state index in [-0.39, 0.29) is 0 Å². The first-order valence-corrected chi connectivity index (χ1v) is 5.04. The van der Waals surface area contributed by atoms with Crippen molar-refractivity contribution in [2.24, 2.45) is 15.9 Å². The van der Waals surface area contributed by atoms with Crippen LogP contribution in [0.5, 0.6) is 0 Å². The van der Waals surface area contributed by atoms with Gasteiger partial charge in [0.25, 0.3) is 0 Å². The second kappa shape index (κ2) is 5.52. The van der Waals surface area contributed by atoms with E-state index in [1.54, 1.807) is 12.3 Å². The van der Waals surface area contributed by atoms with E-state index < -0.39 is 0 Å². The van der Waals surface area contributed by atoms with Gasteiger partial charge in [0.15, 0.2) is 0 Å². The van der Waals surface area contributed by atoms with Gasteiger partial charge in [0.1, 0.15) is 11.0 Å². The van der Waals surface area contributed by atoms with Crippen molar-refractivity contribution < 1.29 is 0 Å². The number of hydrogen-bond donors (Lipinski definition) is 0. The number of amidine groups is 1. The maximum atomic E-state index is 8.41. The van der Waals surface area contributed by atoms with Crippen molar-refractivity contribution in [1.82, 2.24) is 4.90 Å². The van der Waals surface area contributed by atoms with Gasteiger partial charge in [-0.05, 0) is 13.0 Å². The van der Waals surface area contributed by atoms with Crippen LogP contribution in [0.15, 0.2) is 22.1 Å². The van der Waals surface area contributed by atoms with E-state index in [0.29, 0.717) is 23.5 Å². The molecule has 0 saturated carbocycles. The van der Waals surface area contributed by atoms with Gasteiger partial charge in [0.2, 0.25) is 6.19 Å². The molecule has 0 bridgehead atoms. The molecule has 0 radical (unpaired) electrons. The topological polar surface area (TPSA) is 51.8 Å². The molecule has 1 atom stereocenters. The maximum Gasteiger partial charge on any atom is 0.207 e. The van der Waals surface area contributed by atoms with E-state index in [9.17, 15) is 0 Å². The van der Waals surface area contributed by atoms with Crippen molar-refractivity contribution in [2.45, 2.75) is 6.92 Å². The molecule has 1 aliphatic heterocycles. The van der Waals surface area contributed by atoms with Crippen molar-refractivity contribution in [3.8, 4) is 6.19 Å². The molecule has 1 heterocycles. The van der Waals surface area contributed by atoms with Crippen LogP contribution < -0.4 is 0 Å². The monoisotopic (exact) mass is 224 g/mol. The van der Waals surface area contributed by atoms with Gasteiger partial charge in [-0.25, -0.2) is 0 Å². The van der Waals surface area contributed by atoms with Crippen molar-refractivity contribution >= 4 is 22.6 Å². The zero-order valence-electron chi connectivity index (χ0n) is 8.81. The van der Waals surface area contributed by atoms with Gasteiger partial charge in [-0.15, -0.1) is 0 Å². The minimum absolute atomic E-state index is 0.335. The molecule has 1 rings (SSSR count). The first kappa shape index (κ1) is 11.7. The zero-order valence-corrected chi connectivity index (χ0v) is 9.57. The van der Waals surface area contributed by atoms with Gasteiger partial charge in [0, 0.05) is 26.1 Å². The lowest BCUT2D eigenvalue weighted by Crippen LogP contribution is -2.31. The Kier molecular flexibility index (Phi) is 4.32. The highest BCUT2D eigenvalue weighted by molar-refractivity contribution is 6.68. The summed E-state index contributed by atoms with van der Waals surface area (Å²) in [5.74, 6) is 1.05. The Hall–Kier alpha value is -1.34. The summed E-state index contributed by atoms with van der Waals surface area (Å²) in [6, 6.07) is 0. The van der Waals surface area contributed by atoms with E-state index in [1.165, 1.54) is 0 Å². The molecule has 0 aromatic carbocycles. The largest absolute Gasteiger partial charge is 0.362 e. The summed E-state index contributed by atoms with van der Waals surface area (Å²) in [4.78, 5) is 9.74. The van der Waals surface area contributed by atoms with Crippen LogP contribution in [-0.4, -0.2) is 36.0 Å². The number of hydrogen-bond acceptors (Lipinski definition) is 3. The lowest BCUT2D eigenvalue weighted by molar-refractivity contribution is 0.433. The van der Waals surface area contributed by atoms with Gasteiger partial charge in [-0.3, -0.25) is 4.99 Å².